The van der Waals surface area contributed by atoms with Crippen LogP contribution >= 0.6 is 0 Å². The fourth-order valence-corrected chi connectivity index (χ4v) is 2.86. The highest BCUT2D eigenvalue weighted by Crippen LogP contribution is 2.27. The average molecular weight is 422 g/mol. The van der Waals surface area contributed by atoms with Gasteiger partial charge in [0.1, 0.15) is 11.3 Å². The van der Waals surface area contributed by atoms with E-state index in [0.29, 0.717) is 39.8 Å². The third-order valence-electron chi connectivity index (χ3n) is 4.15. The smallest absolute Gasteiger partial charge is 0.258 e. The first-order valence-corrected chi connectivity index (χ1v) is 9.63. The molecule has 1 aromatic carbocycles. The maximum absolute atomic E-state index is 12.0. The third kappa shape index (κ3) is 5.35. The van der Waals surface area contributed by atoms with Gasteiger partial charge < -0.3 is 31.1 Å². The number of ether oxygens (including phenoxy) is 1. The summed E-state index contributed by atoms with van der Waals surface area (Å²) in [6.45, 7) is 5.63. The molecule has 0 aliphatic carbocycles. The zero-order valence-corrected chi connectivity index (χ0v) is 17.9. The van der Waals surface area contributed by atoms with E-state index in [9.17, 15) is 4.79 Å². The van der Waals surface area contributed by atoms with Gasteiger partial charge >= 0.3 is 0 Å². The molecule has 0 atom stereocenters. The summed E-state index contributed by atoms with van der Waals surface area (Å²) in [7, 11) is 1.83. The molecule has 0 aliphatic heterocycles. The molecule has 162 valence electrons. The lowest BCUT2D eigenvalue weighted by Crippen LogP contribution is -2.43. The largest absolute Gasteiger partial charge is 0.484 e. The van der Waals surface area contributed by atoms with Gasteiger partial charge in [0.2, 0.25) is 0 Å². The van der Waals surface area contributed by atoms with Crippen molar-refractivity contribution >= 4 is 29.1 Å². The Morgan fingerprint density at radius 3 is 2.77 bits per heavy atom. The molecule has 0 bridgehead atoms. The monoisotopic (exact) mass is 422 g/mol. The molecule has 2 heterocycles. The fraction of sp³-hybridized carbons (Fsp3) is 0.286. The summed E-state index contributed by atoms with van der Waals surface area (Å²) in [5, 5.41) is 13.3. The second kappa shape index (κ2) is 8.82. The zero-order valence-electron chi connectivity index (χ0n) is 17.9. The molecule has 0 spiro atoms. The second-order valence-corrected chi connectivity index (χ2v) is 7.93. The van der Waals surface area contributed by atoms with E-state index < -0.39 is 0 Å². The Hall–Kier alpha value is -3.95. The Balaban J connectivity index is 1.90. The number of hydrogen-bond donors (Lipinski definition) is 4. The van der Waals surface area contributed by atoms with Crippen LogP contribution in [0.2, 0.25) is 0 Å². The number of nitrogens with zero attached hydrogens (tertiary/aromatic N) is 4. The number of aryl methyl sites for hydroxylation is 1. The molecule has 1 amide bonds. The number of amides is 1. The summed E-state index contributed by atoms with van der Waals surface area (Å²) in [4.78, 5) is 25.5. The van der Waals surface area contributed by atoms with Crippen LogP contribution in [-0.4, -0.2) is 43.8 Å². The van der Waals surface area contributed by atoms with Crippen molar-refractivity contribution in [3.05, 3.63) is 42.5 Å². The highest BCUT2D eigenvalue weighted by Gasteiger charge is 2.16. The highest BCUT2D eigenvalue weighted by atomic mass is 16.5. The van der Waals surface area contributed by atoms with Gasteiger partial charge in [0.15, 0.2) is 23.9 Å². The normalized spacial score (nSPS) is 11.9. The molecule has 0 unspecified atom stereocenters. The van der Waals surface area contributed by atoms with Crippen LogP contribution in [0.15, 0.2) is 42.5 Å². The summed E-state index contributed by atoms with van der Waals surface area (Å²) in [6.07, 6.45) is 4.02. The summed E-state index contributed by atoms with van der Waals surface area (Å²) in [5.41, 5.74) is 7.48. The maximum Gasteiger partial charge on any atom is 0.258 e. The maximum atomic E-state index is 12.0. The average Bonchev–Trinajstić information content (AvgIpc) is 3.10. The summed E-state index contributed by atoms with van der Waals surface area (Å²) in [5.74, 6) is 1.20. The van der Waals surface area contributed by atoms with E-state index in [1.807, 2.05) is 33.9 Å². The van der Waals surface area contributed by atoms with Crippen LogP contribution in [0, 0.1) is 5.41 Å². The lowest BCUT2D eigenvalue weighted by molar-refractivity contribution is -0.124. The molecular formula is C21H26N8O2. The van der Waals surface area contributed by atoms with Crippen LogP contribution in [0.3, 0.4) is 0 Å². The number of allylic oxidation sites excluding steroid dienone is 1. The molecule has 2 aromatic heterocycles. The Morgan fingerprint density at radius 1 is 1.32 bits per heavy atom. The molecule has 0 saturated carbocycles. The standard InChI is InChI=1S/C21H26N8O2/c1-21(2,3)28-16(30)11-31-15-7-5-6-13(8-15)18-26-19-17(29(4)12-24-19)20(27-18)25-14(9-22)10-23/h5-10,12,22H,11,23H2,1-4H3,(H,28,30)(H,25,26,27)/b14-10+,22-9?. The quantitative estimate of drug-likeness (QED) is 0.427. The van der Waals surface area contributed by atoms with Crippen molar-refractivity contribution in [2.75, 3.05) is 11.9 Å². The number of hydrogen-bond acceptors (Lipinski definition) is 8. The van der Waals surface area contributed by atoms with Crippen LogP contribution in [0.4, 0.5) is 5.82 Å². The number of benzene rings is 1. The molecular weight excluding hydrogens is 396 g/mol. The van der Waals surface area contributed by atoms with E-state index in [4.69, 9.17) is 15.9 Å². The van der Waals surface area contributed by atoms with E-state index in [1.54, 1.807) is 29.1 Å². The molecule has 0 aliphatic rings. The van der Waals surface area contributed by atoms with Crippen LogP contribution in [0.25, 0.3) is 22.6 Å². The minimum Gasteiger partial charge on any atom is -0.484 e. The van der Waals surface area contributed by atoms with Crippen LogP contribution in [0.5, 0.6) is 5.75 Å². The van der Waals surface area contributed by atoms with Gasteiger partial charge in [-0.15, -0.1) is 0 Å². The third-order valence-corrected chi connectivity index (χ3v) is 4.15. The number of nitrogens with two attached hydrogens (primary N) is 1. The van der Waals surface area contributed by atoms with Gasteiger partial charge in [0.25, 0.3) is 5.91 Å². The molecule has 0 fully saturated rings. The molecule has 31 heavy (non-hydrogen) atoms. The summed E-state index contributed by atoms with van der Waals surface area (Å²) >= 11 is 0. The van der Waals surface area contributed by atoms with Gasteiger partial charge in [-0.1, -0.05) is 12.1 Å². The van der Waals surface area contributed by atoms with Gasteiger partial charge in [0.05, 0.1) is 12.0 Å². The van der Waals surface area contributed by atoms with Crippen molar-refractivity contribution in [3.8, 4) is 17.1 Å². The Bertz CT molecular complexity index is 1140. The van der Waals surface area contributed by atoms with Gasteiger partial charge in [-0.25, -0.2) is 15.0 Å². The fourth-order valence-electron chi connectivity index (χ4n) is 2.86. The van der Waals surface area contributed by atoms with E-state index in [2.05, 4.69) is 25.6 Å². The van der Waals surface area contributed by atoms with Crippen LogP contribution in [-0.2, 0) is 11.8 Å². The number of carbonyl (C=O) groups is 1. The molecule has 3 rings (SSSR count). The van der Waals surface area contributed by atoms with Crippen molar-refractivity contribution in [1.29, 1.82) is 5.41 Å². The van der Waals surface area contributed by atoms with E-state index in [1.165, 1.54) is 6.20 Å². The second-order valence-electron chi connectivity index (χ2n) is 7.93. The number of imidazole rings is 1. The van der Waals surface area contributed by atoms with Crippen molar-refractivity contribution in [1.82, 2.24) is 24.8 Å². The number of nitrogens with one attached hydrogen (secondary N) is 3. The van der Waals surface area contributed by atoms with E-state index >= 15 is 0 Å². The lowest BCUT2D eigenvalue weighted by atomic mass is 10.1. The number of carbonyl (C=O) groups excluding carboxylic acids is 1. The van der Waals surface area contributed by atoms with Crippen LogP contribution < -0.4 is 21.1 Å². The first kappa shape index (κ1) is 21.8. The van der Waals surface area contributed by atoms with E-state index in [0.717, 1.165) is 6.21 Å². The molecule has 0 radical (unpaired) electrons. The van der Waals surface area contributed by atoms with Gasteiger partial charge in [-0.3, -0.25) is 4.79 Å². The molecule has 10 heteroatoms. The molecule has 0 saturated heterocycles. The van der Waals surface area contributed by atoms with Gasteiger partial charge in [-0.2, -0.15) is 0 Å². The Kier molecular flexibility index (Phi) is 6.19. The predicted molar refractivity (Wildman–Crippen MR) is 120 cm³/mol. The number of fused-ring (bicyclic) bond motifs is 1. The molecule has 10 nitrogen and oxygen atoms in total. The summed E-state index contributed by atoms with van der Waals surface area (Å²) in [6, 6.07) is 7.16. The first-order chi connectivity index (χ1) is 14.7. The van der Waals surface area contributed by atoms with E-state index in [-0.39, 0.29) is 18.1 Å². The first-order valence-electron chi connectivity index (χ1n) is 9.63. The number of rotatable bonds is 7. The minimum absolute atomic E-state index is 0.0996. The van der Waals surface area contributed by atoms with Crippen molar-refractivity contribution in [2.45, 2.75) is 26.3 Å². The van der Waals surface area contributed by atoms with Crippen molar-refractivity contribution in [3.63, 3.8) is 0 Å². The number of anilines is 1. The van der Waals surface area contributed by atoms with Crippen molar-refractivity contribution < 1.29 is 9.53 Å². The topological polar surface area (TPSA) is 144 Å². The summed E-state index contributed by atoms with van der Waals surface area (Å²) < 4.78 is 7.42. The van der Waals surface area contributed by atoms with Crippen LogP contribution in [0.1, 0.15) is 20.8 Å². The van der Waals surface area contributed by atoms with Gasteiger partial charge in [0, 0.05) is 30.6 Å². The number of aromatic nitrogens is 4. The highest BCUT2D eigenvalue weighted by molar-refractivity contribution is 5.90. The molecule has 3 aromatic rings. The zero-order chi connectivity index (χ0) is 22.6. The van der Waals surface area contributed by atoms with Gasteiger partial charge in [-0.05, 0) is 32.9 Å². The minimum atomic E-state index is -0.328. The Labute approximate surface area is 180 Å². The SMILES string of the molecule is Cn1cnc2nc(-c3cccc(OCC(=O)NC(C)(C)C)c3)nc(N/C(C=N)=C/N)c21. The Morgan fingerprint density at radius 2 is 2.10 bits per heavy atom. The van der Waals surface area contributed by atoms with Crippen molar-refractivity contribution in [2.24, 2.45) is 12.8 Å². The predicted octanol–water partition coefficient (Wildman–Crippen LogP) is 2.19. The molecule has 5 N–H and O–H groups in total. The lowest BCUT2D eigenvalue weighted by Gasteiger charge is -2.20.